The average Bonchev–Trinajstić information content (AvgIpc) is 2.84. The first-order valence-corrected chi connectivity index (χ1v) is 5.67. The largest absolute Gasteiger partial charge is 0.467 e. The lowest BCUT2D eigenvalue weighted by Gasteiger charge is -2.30. The van der Waals surface area contributed by atoms with E-state index in [-0.39, 0.29) is 5.78 Å². The predicted molar refractivity (Wildman–Crippen MR) is 64.6 cm³/mol. The van der Waals surface area contributed by atoms with Crippen molar-refractivity contribution in [3.63, 3.8) is 0 Å². The molecule has 2 unspecified atom stereocenters. The Morgan fingerprint density at radius 2 is 2.06 bits per heavy atom. The maximum absolute atomic E-state index is 11.9. The molecule has 2 atom stereocenters. The Balaban J connectivity index is 2.48. The number of carbonyl (C=O) groups is 2. The van der Waals surface area contributed by atoms with E-state index >= 15 is 0 Å². The van der Waals surface area contributed by atoms with Crippen LogP contribution in [0.15, 0.2) is 42.5 Å². The summed E-state index contributed by atoms with van der Waals surface area (Å²) < 4.78 is 4.66. The zero-order chi connectivity index (χ0) is 13.2. The Kier molecular flexibility index (Phi) is 3.30. The molecular formula is C14H14O4. The van der Waals surface area contributed by atoms with Gasteiger partial charge in [-0.05, 0) is 18.1 Å². The topological polar surface area (TPSA) is 63.6 Å². The second-order valence-corrected chi connectivity index (χ2v) is 4.22. The third-order valence-corrected chi connectivity index (χ3v) is 3.21. The van der Waals surface area contributed by atoms with Crippen molar-refractivity contribution < 1.29 is 19.4 Å². The van der Waals surface area contributed by atoms with Crippen LogP contribution < -0.4 is 0 Å². The van der Waals surface area contributed by atoms with E-state index in [1.54, 1.807) is 36.4 Å². The van der Waals surface area contributed by atoms with Crippen LogP contribution in [0.4, 0.5) is 0 Å². The maximum Gasteiger partial charge on any atom is 0.343 e. The van der Waals surface area contributed by atoms with E-state index in [0.29, 0.717) is 12.0 Å². The van der Waals surface area contributed by atoms with Gasteiger partial charge in [0.05, 0.1) is 13.0 Å². The lowest BCUT2D eigenvalue weighted by Crippen LogP contribution is -2.45. The van der Waals surface area contributed by atoms with Crippen molar-refractivity contribution in [2.75, 3.05) is 7.11 Å². The van der Waals surface area contributed by atoms with E-state index in [9.17, 15) is 14.7 Å². The molecule has 1 N–H and O–H groups in total. The van der Waals surface area contributed by atoms with Crippen molar-refractivity contribution in [2.45, 2.75) is 12.0 Å². The van der Waals surface area contributed by atoms with Crippen molar-refractivity contribution >= 4 is 11.8 Å². The number of benzene rings is 1. The lowest BCUT2D eigenvalue weighted by molar-refractivity contribution is -0.172. The van der Waals surface area contributed by atoms with Crippen LogP contribution in [0.5, 0.6) is 0 Å². The van der Waals surface area contributed by atoms with Gasteiger partial charge >= 0.3 is 5.97 Å². The second-order valence-electron chi connectivity index (χ2n) is 4.22. The molecule has 18 heavy (non-hydrogen) atoms. The quantitative estimate of drug-likeness (QED) is 0.814. The molecule has 1 aliphatic rings. The third-order valence-electron chi connectivity index (χ3n) is 3.21. The minimum absolute atomic E-state index is 0.258. The van der Waals surface area contributed by atoms with E-state index in [1.807, 2.05) is 0 Å². The highest BCUT2D eigenvalue weighted by molar-refractivity contribution is 5.99. The van der Waals surface area contributed by atoms with Gasteiger partial charge < -0.3 is 9.84 Å². The number of hydrogen-bond donors (Lipinski definition) is 1. The van der Waals surface area contributed by atoms with Crippen LogP contribution in [0.2, 0.25) is 0 Å². The smallest absolute Gasteiger partial charge is 0.343 e. The minimum atomic E-state index is -1.92. The van der Waals surface area contributed by atoms with Gasteiger partial charge in [-0.15, -0.1) is 0 Å². The first-order valence-electron chi connectivity index (χ1n) is 5.67. The third kappa shape index (κ3) is 1.84. The molecular weight excluding hydrogens is 232 g/mol. The van der Waals surface area contributed by atoms with Gasteiger partial charge in [0.1, 0.15) is 0 Å². The van der Waals surface area contributed by atoms with E-state index in [0.717, 1.165) is 0 Å². The number of allylic oxidation sites excluding steroid dienone is 2. The second kappa shape index (κ2) is 4.74. The van der Waals surface area contributed by atoms with E-state index in [1.165, 1.54) is 13.2 Å². The molecule has 1 aromatic rings. The fourth-order valence-corrected chi connectivity index (χ4v) is 2.24. The summed E-state index contributed by atoms with van der Waals surface area (Å²) in [4.78, 5) is 23.7. The molecule has 94 valence electrons. The van der Waals surface area contributed by atoms with Gasteiger partial charge in [-0.1, -0.05) is 36.4 Å². The molecule has 4 heteroatoms. The number of hydrogen-bond acceptors (Lipinski definition) is 4. The molecule has 0 saturated heterocycles. The summed E-state index contributed by atoms with van der Waals surface area (Å²) in [6.07, 6.45) is 3.38. The van der Waals surface area contributed by atoms with Crippen LogP contribution in [0.1, 0.15) is 12.0 Å². The number of rotatable bonds is 3. The molecule has 1 aliphatic carbocycles. The fourth-order valence-electron chi connectivity index (χ4n) is 2.24. The SMILES string of the molecule is COC(=O)C(O)(c1ccccc1)C1CC=CC1=O. The standard InChI is InChI=1S/C14H14O4/c1-18-13(16)14(17,10-6-3-2-4-7-10)11-8-5-9-12(11)15/h2-7,9,11,17H,8H2,1H3. The summed E-state index contributed by atoms with van der Waals surface area (Å²) in [5.41, 5.74) is -1.55. The van der Waals surface area contributed by atoms with E-state index < -0.39 is 17.5 Å². The van der Waals surface area contributed by atoms with Crippen LogP contribution in [-0.2, 0) is 19.9 Å². The number of aliphatic hydroxyl groups is 1. The number of carbonyl (C=O) groups excluding carboxylic acids is 2. The molecule has 4 nitrogen and oxygen atoms in total. The van der Waals surface area contributed by atoms with Crippen LogP contribution in [0.25, 0.3) is 0 Å². The van der Waals surface area contributed by atoms with Crippen molar-refractivity contribution in [2.24, 2.45) is 5.92 Å². The van der Waals surface area contributed by atoms with Gasteiger partial charge in [-0.2, -0.15) is 0 Å². The Morgan fingerprint density at radius 1 is 1.39 bits per heavy atom. The van der Waals surface area contributed by atoms with Crippen molar-refractivity contribution in [1.29, 1.82) is 0 Å². The van der Waals surface area contributed by atoms with Crippen LogP contribution >= 0.6 is 0 Å². The Morgan fingerprint density at radius 3 is 2.56 bits per heavy atom. The van der Waals surface area contributed by atoms with Gasteiger partial charge in [-0.3, -0.25) is 4.79 Å². The van der Waals surface area contributed by atoms with Gasteiger partial charge in [0.15, 0.2) is 11.4 Å². The molecule has 0 spiro atoms. The Hall–Kier alpha value is -1.94. The first-order chi connectivity index (χ1) is 8.60. The molecule has 0 radical (unpaired) electrons. The van der Waals surface area contributed by atoms with Crippen LogP contribution in [0.3, 0.4) is 0 Å². The van der Waals surface area contributed by atoms with E-state index in [4.69, 9.17) is 0 Å². The highest BCUT2D eigenvalue weighted by Crippen LogP contribution is 2.36. The highest BCUT2D eigenvalue weighted by Gasteiger charge is 2.50. The molecule has 0 amide bonds. The summed E-state index contributed by atoms with van der Waals surface area (Å²) in [5, 5.41) is 10.7. The van der Waals surface area contributed by atoms with Crippen LogP contribution in [-0.4, -0.2) is 24.0 Å². The Labute approximate surface area is 105 Å². The van der Waals surface area contributed by atoms with Crippen molar-refractivity contribution in [1.82, 2.24) is 0 Å². The zero-order valence-corrected chi connectivity index (χ0v) is 10.00. The minimum Gasteiger partial charge on any atom is -0.467 e. The zero-order valence-electron chi connectivity index (χ0n) is 10.00. The predicted octanol–water partition coefficient (Wildman–Crippen LogP) is 1.19. The summed E-state index contributed by atoms with van der Waals surface area (Å²) >= 11 is 0. The normalized spacial score (nSPS) is 21.7. The Bertz CT molecular complexity index is 492. The molecule has 0 fully saturated rings. The number of ketones is 1. The summed E-state index contributed by atoms with van der Waals surface area (Å²) in [6, 6.07) is 8.41. The number of ether oxygens (including phenoxy) is 1. The fraction of sp³-hybridized carbons (Fsp3) is 0.286. The molecule has 0 aromatic heterocycles. The van der Waals surface area contributed by atoms with Gasteiger partial charge in [0.2, 0.25) is 0 Å². The first kappa shape index (κ1) is 12.5. The highest BCUT2D eigenvalue weighted by atomic mass is 16.5. The van der Waals surface area contributed by atoms with Gasteiger partial charge in [0.25, 0.3) is 0 Å². The maximum atomic E-state index is 11.9. The molecule has 0 saturated carbocycles. The molecule has 0 bridgehead atoms. The molecule has 0 aliphatic heterocycles. The lowest BCUT2D eigenvalue weighted by atomic mass is 9.79. The molecule has 0 heterocycles. The summed E-state index contributed by atoms with van der Waals surface area (Å²) in [5.74, 6) is -1.88. The van der Waals surface area contributed by atoms with Gasteiger partial charge in [-0.25, -0.2) is 4.79 Å². The molecule has 1 aromatic carbocycles. The average molecular weight is 246 g/mol. The molecule has 2 rings (SSSR count). The van der Waals surface area contributed by atoms with E-state index in [2.05, 4.69) is 4.74 Å². The summed E-state index contributed by atoms with van der Waals surface area (Å²) in [6.45, 7) is 0. The summed E-state index contributed by atoms with van der Waals surface area (Å²) in [7, 11) is 1.20. The number of methoxy groups -OCH3 is 1. The van der Waals surface area contributed by atoms with Crippen molar-refractivity contribution in [3.05, 3.63) is 48.0 Å². The van der Waals surface area contributed by atoms with Gasteiger partial charge in [0, 0.05) is 0 Å². The number of esters is 1. The monoisotopic (exact) mass is 246 g/mol. The van der Waals surface area contributed by atoms with Crippen LogP contribution in [0, 0.1) is 5.92 Å². The van der Waals surface area contributed by atoms with Crippen molar-refractivity contribution in [3.8, 4) is 0 Å².